The molecular weight excluding hydrogens is 296 g/mol. The summed E-state index contributed by atoms with van der Waals surface area (Å²) in [5.74, 6) is -2.49. The third-order valence-corrected chi connectivity index (χ3v) is 3.60. The van der Waals surface area contributed by atoms with E-state index in [1.54, 1.807) is 6.92 Å². The Morgan fingerprint density at radius 3 is 2.37 bits per heavy atom. The van der Waals surface area contributed by atoms with Crippen LogP contribution in [0.3, 0.4) is 0 Å². The summed E-state index contributed by atoms with van der Waals surface area (Å²) in [6, 6.07) is 6.26. The molecule has 1 atom stereocenters. The third kappa shape index (κ3) is 2.72. The summed E-state index contributed by atoms with van der Waals surface area (Å²) in [6.45, 7) is 1.54. The molecule has 0 radical (unpaired) electrons. The predicted molar refractivity (Wildman–Crippen MR) is 70.2 cm³/mol. The fraction of sp³-hybridized carbons (Fsp3) is 0.143. The Morgan fingerprint density at radius 2 is 1.68 bits per heavy atom. The highest BCUT2D eigenvalue weighted by atomic mass is 35.5. The van der Waals surface area contributed by atoms with Gasteiger partial charge in [-0.1, -0.05) is 23.7 Å². The normalized spacial score (nSPS) is 12.5. The average Bonchev–Trinajstić information content (AvgIpc) is 2.36. The molecular formula is C14H9Cl2F3. The number of benzene rings is 2. The van der Waals surface area contributed by atoms with Gasteiger partial charge in [0.25, 0.3) is 0 Å². The van der Waals surface area contributed by atoms with Crippen LogP contribution < -0.4 is 0 Å². The van der Waals surface area contributed by atoms with Gasteiger partial charge in [0.2, 0.25) is 0 Å². The summed E-state index contributed by atoms with van der Waals surface area (Å²) in [5, 5.41) is -0.908. The molecule has 0 aliphatic heterocycles. The first-order valence-corrected chi connectivity index (χ1v) is 6.26. The van der Waals surface area contributed by atoms with Crippen molar-refractivity contribution in [2.24, 2.45) is 0 Å². The van der Waals surface area contributed by atoms with Crippen LogP contribution in [0.25, 0.3) is 0 Å². The molecule has 1 unspecified atom stereocenters. The zero-order chi connectivity index (χ0) is 14.2. The molecule has 0 aromatic heterocycles. The van der Waals surface area contributed by atoms with Crippen molar-refractivity contribution in [2.45, 2.75) is 12.3 Å². The Balaban J connectivity index is 2.53. The number of hydrogen-bond donors (Lipinski definition) is 0. The van der Waals surface area contributed by atoms with Crippen molar-refractivity contribution < 1.29 is 13.2 Å². The molecule has 100 valence electrons. The Labute approximate surface area is 118 Å². The maximum absolute atomic E-state index is 13.7. The fourth-order valence-corrected chi connectivity index (χ4v) is 2.42. The van der Waals surface area contributed by atoms with E-state index in [0.29, 0.717) is 11.1 Å². The lowest BCUT2D eigenvalue weighted by Crippen LogP contribution is -2.01. The molecule has 2 rings (SSSR count). The minimum absolute atomic E-state index is 0.0328. The molecule has 0 N–H and O–H groups in total. The molecule has 0 saturated heterocycles. The lowest BCUT2D eigenvalue weighted by Gasteiger charge is -2.14. The van der Waals surface area contributed by atoms with Gasteiger partial charge in [0.1, 0.15) is 5.82 Å². The largest absolute Gasteiger partial charge is 0.207 e. The van der Waals surface area contributed by atoms with E-state index in [0.717, 1.165) is 12.1 Å². The molecule has 0 nitrogen and oxygen atoms in total. The highest BCUT2D eigenvalue weighted by molar-refractivity contribution is 6.33. The maximum Gasteiger partial charge on any atom is 0.163 e. The number of hydrogen-bond acceptors (Lipinski definition) is 0. The van der Waals surface area contributed by atoms with Crippen molar-refractivity contribution in [3.05, 3.63) is 69.5 Å². The number of alkyl halides is 1. The summed E-state index contributed by atoms with van der Waals surface area (Å²) in [5.41, 5.74) is 0.642. The first-order chi connectivity index (χ1) is 8.91. The fourth-order valence-electron chi connectivity index (χ4n) is 1.76. The Morgan fingerprint density at radius 1 is 1.00 bits per heavy atom. The maximum atomic E-state index is 13.7. The smallest absolute Gasteiger partial charge is 0.163 e. The second kappa shape index (κ2) is 5.43. The van der Waals surface area contributed by atoms with Gasteiger partial charge in [-0.2, -0.15) is 0 Å². The van der Waals surface area contributed by atoms with Gasteiger partial charge in [-0.05, 0) is 36.2 Å². The average molecular weight is 305 g/mol. The van der Waals surface area contributed by atoms with Crippen molar-refractivity contribution in [1.82, 2.24) is 0 Å². The summed E-state index contributed by atoms with van der Waals surface area (Å²) in [6.07, 6.45) is 0. The van der Waals surface area contributed by atoms with Gasteiger partial charge < -0.3 is 0 Å². The topological polar surface area (TPSA) is 0 Å². The second-order valence-electron chi connectivity index (χ2n) is 4.13. The SMILES string of the molecule is Cc1cc(C(Cl)c2cccc(F)c2F)c(Cl)cc1F. The monoisotopic (exact) mass is 304 g/mol. The van der Waals surface area contributed by atoms with Crippen LogP contribution in [-0.4, -0.2) is 0 Å². The first kappa shape index (κ1) is 14.2. The van der Waals surface area contributed by atoms with E-state index in [4.69, 9.17) is 23.2 Å². The van der Waals surface area contributed by atoms with Gasteiger partial charge in [-0.25, -0.2) is 13.2 Å². The van der Waals surface area contributed by atoms with E-state index in [9.17, 15) is 13.2 Å². The van der Waals surface area contributed by atoms with Crippen LogP contribution in [0.4, 0.5) is 13.2 Å². The third-order valence-electron chi connectivity index (χ3n) is 2.81. The molecule has 5 heteroatoms. The molecule has 0 heterocycles. The minimum atomic E-state index is -1.03. The van der Waals surface area contributed by atoms with Gasteiger partial charge in [-0.15, -0.1) is 11.6 Å². The first-order valence-electron chi connectivity index (χ1n) is 5.45. The minimum Gasteiger partial charge on any atom is -0.207 e. The molecule has 2 aromatic rings. The van der Waals surface area contributed by atoms with Crippen molar-refractivity contribution in [2.75, 3.05) is 0 Å². The van der Waals surface area contributed by atoms with Crippen LogP contribution in [0.2, 0.25) is 5.02 Å². The van der Waals surface area contributed by atoms with Crippen LogP contribution in [0.1, 0.15) is 22.1 Å². The Bertz CT molecular complexity index is 626. The molecule has 0 spiro atoms. The standard InChI is InChI=1S/C14H9Cl2F3/c1-7-5-9(10(15)6-12(7)18)13(16)8-3-2-4-11(17)14(8)19/h2-6,13H,1H3. The molecule has 0 saturated carbocycles. The van der Waals surface area contributed by atoms with Crippen molar-refractivity contribution in [3.8, 4) is 0 Å². The van der Waals surface area contributed by atoms with Crippen LogP contribution in [0, 0.1) is 24.4 Å². The summed E-state index contributed by atoms with van der Waals surface area (Å²) < 4.78 is 40.2. The van der Waals surface area contributed by atoms with Crippen molar-refractivity contribution in [1.29, 1.82) is 0 Å². The van der Waals surface area contributed by atoms with Crippen LogP contribution in [0.5, 0.6) is 0 Å². The molecule has 0 bridgehead atoms. The molecule has 0 aliphatic carbocycles. The van der Waals surface area contributed by atoms with Gasteiger partial charge in [0.05, 0.1) is 5.38 Å². The second-order valence-corrected chi connectivity index (χ2v) is 4.97. The van der Waals surface area contributed by atoms with E-state index in [2.05, 4.69) is 0 Å². The zero-order valence-corrected chi connectivity index (χ0v) is 11.4. The van der Waals surface area contributed by atoms with Gasteiger partial charge >= 0.3 is 0 Å². The van der Waals surface area contributed by atoms with Gasteiger partial charge in [0.15, 0.2) is 11.6 Å². The molecule has 0 aliphatic rings. The van der Waals surface area contributed by atoms with Gasteiger partial charge in [0, 0.05) is 10.6 Å². The summed E-state index contributed by atoms with van der Waals surface area (Å²) in [4.78, 5) is 0. The highest BCUT2D eigenvalue weighted by Crippen LogP contribution is 2.36. The molecule has 2 aromatic carbocycles. The molecule has 0 amide bonds. The van der Waals surface area contributed by atoms with Gasteiger partial charge in [-0.3, -0.25) is 0 Å². The van der Waals surface area contributed by atoms with Crippen LogP contribution >= 0.6 is 23.2 Å². The molecule has 0 fully saturated rings. The van der Waals surface area contributed by atoms with Crippen molar-refractivity contribution >= 4 is 23.2 Å². The number of halogens is 5. The quantitative estimate of drug-likeness (QED) is 0.652. The van der Waals surface area contributed by atoms with E-state index < -0.39 is 22.8 Å². The summed E-state index contributed by atoms with van der Waals surface area (Å²) >= 11 is 12.0. The van der Waals surface area contributed by atoms with E-state index in [-0.39, 0.29) is 10.6 Å². The van der Waals surface area contributed by atoms with Crippen LogP contribution in [-0.2, 0) is 0 Å². The lowest BCUT2D eigenvalue weighted by molar-refractivity contribution is 0.500. The van der Waals surface area contributed by atoms with E-state index in [1.807, 2.05) is 0 Å². The van der Waals surface area contributed by atoms with Crippen molar-refractivity contribution in [3.63, 3.8) is 0 Å². The van der Waals surface area contributed by atoms with E-state index in [1.165, 1.54) is 18.2 Å². The lowest BCUT2D eigenvalue weighted by atomic mass is 10.0. The Kier molecular flexibility index (Phi) is 4.07. The van der Waals surface area contributed by atoms with E-state index >= 15 is 0 Å². The predicted octanol–water partition coefficient (Wildman–Crippen LogP) is 5.39. The van der Waals surface area contributed by atoms with Crippen LogP contribution in [0.15, 0.2) is 30.3 Å². The summed E-state index contributed by atoms with van der Waals surface area (Å²) in [7, 11) is 0. The Hall–Kier alpha value is -1.19. The number of aryl methyl sites for hydroxylation is 1. The highest BCUT2D eigenvalue weighted by Gasteiger charge is 2.21. The zero-order valence-electron chi connectivity index (χ0n) is 9.85. The number of rotatable bonds is 2. The molecule has 19 heavy (non-hydrogen) atoms.